The summed E-state index contributed by atoms with van der Waals surface area (Å²) in [7, 11) is 0. The third-order valence-corrected chi connectivity index (χ3v) is 4.11. The van der Waals surface area contributed by atoms with Crippen LogP contribution in [-0.4, -0.2) is 23.0 Å². The first-order chi connectivity index (χ1) is 11.3. The van der Waals surface area contributed by atoms with Crippen molar-refractivity contribution in [2.24, 2.45) is 0 Å². The molecule has 1 unspecified atom stereocenters. The second-order valence-electron chi connectivity index (χ2n) is 4.66. The molecular weight excluding hydrogens is 398 g/mol. The van der Waals surface area contributed by atoms with Gasteiger partial charge in [-0.1, -0.05) is 46.4 Å². The van der Waals surface area contributed by atoms with Crippen molar-refractivity contribution in [3.63, 3.8) is 0 Å². The first-order valence-electron chi connectivity index (χ1n) is 6.56. The third-order valence-electron chi connectivity index (χ3n) is 2.87. The van der Waals surface area contributed by atoms with Gasteiger partial charge in [0.25, 0.3) is 5.91 Å². The molecule has 0 aliphatic rings. The number of nitrogens with zero attached hydrogens (tertiary/aromatic N) is 1. The Morgan fingerprint density at radius 2 is 1.83 bits per heavy atom. The molecule has 2 aromatic rings. The van der Waals surface area contributed by atoms with E-state index in [2.05, 4.69) is 10.3 Å². The number of anilines is 1. The molecule has 9 heteroatoms. The highest BCUT2D eigenvalue weighted by Gasteiger charge is 2.20. The molecule has 0 spiro atoms. The predicted octanol–water partition coefficient (Wildman–Crippen LogP) is 4.88. The van der Waals surface area contributed by atoms with Crippen molar-refractivity contribution in [1.29, 1.82) is 0 Å². The van der Waals surface area contributed by atoms with Crippen LogP contribution in [0.25, 0.3) is 0 Å². The fraction of sp³-hybridized carbons (Fsp3) is 0.133. The molecule has 1 aromatic carbocycles. The molecule has 1 aromatic heterocycles. The number of hydrogen-bond donors (Lipinski definition) is 1. The molecule has 0 aliphatic carbocycles. The number of esters is 1. The van der Waals surface area contributed by atoms with E-state index >= 15 is 0 Å². The Morgan fingerprint density at radius 3 is 2.46 bits per heavy atom. The van der Waals surface area contributed by atoms with Crippen LogP contribution in [0.15, 0.2) is 30.5 Å². The molecule has 0 fully saturated rings. The molecule has 24 heavy (non-hydrogen) atoms. The fourth-order valence-electron chi connectivity index (χ4n) is 1.64. The van der Waals surface area contributed by atoms with Gasteiger partial charge in [0.05, 0.1) is 21.3 Å². The zero-order valence-corrected chi connectivity index (χ0v) is 15.2. The van der Waals surface area contributed by atoms with Crippen LogP contribution < -0.4 is 5.32 Å². The van der Waals surface area contributed by atoms with E-state index in [1.165, 1.54) is 25.3 Å². The summed E-state index contributed by atoms with van der Waals surface area (Å²) in [6, 6.07) is 5.90. The smallest absolute Gasteiger partial charge is 0.340 e. The SMILES string of the molecule is CC(OC(=O)c1cnc(Cl)c(Cl)c1)C(=O)Nc1ccc(Cl)cc1Cl. The molecule has 0 bridgehead atoms. The molecule has 126 valence electrons. The molecule has 0 radical (unpaired) electrons. The zero-order chi connectivity index (χ0) is 17.9. The van der Waals surface area contributed by atoms with Gasteiger partial charge in [-0.25, -0.2) is 9.78 Å². The van der Waals surface area contributed by atoms with Gasteiger partial charge < -0.3 is 10.1 Å². The lowest BCUT2D eigenvalue weighted by Gasteiger charge is -2.14. The number of halogens is 4. The van der Waals surface area contributed by atoms with Crippen LogP contribution in [0.5, 0.6) is 0 Å². The van der Waals surface area contributed by atoms with Gasteiger partial charge >= 0.3 is 5.97 Å². The van der Waals surface area contributed by atoms with Crippen molar-refractivity contribution < 1.29 is 14.3 Å². The standard InChI is InChI=1S/C15H10Cl4N2O3/c1-7(14(22)21-12-3-2-9(16)5-10(12)17)24-15(23)8-4-11(18)13(19)20-6-8/h2-7H,1H3,(H,21,22). The summed E-state index contributed by atoms with van der Waals surface area (Å²) in [4.78, 5) is 27.8. The molecule has 5 nitrogen and oxygen atoms in total. The lowest BCUT2D eigenvalue weighted by molar-refractivity contribution is -0.123. The molecule has 1 N–H and O–H groups in total. The molecule has 0 aliphatic heterocycles. The molecule has 2 rings (SSSR count). The van der Waals surface area contributed by atoms with Crippen molar-refractivity contribution in [2.45, 2.75) is 13.0 Å². The van der Waals surface area contributed by atoms with E-state index in [0.29, 0.717) is 10.7 Å². The van der Waals surface area contributed by atoms with Crippen molar-refractivity contribution >= 4 is 64.0 Å². The Morgan fingerprint density at radius 1 is 1.12 bits per heavy atom. The van der Waals surface area contributed by atoms with Crippen LogP contribution in [0.1, 0.15) is 17.3 Å². The summed E-state index contributed by atoms with van der Waals surface area (Å²) in [6.07, 6.45) is 0.135. The molecule has 1 heterocycles. The monoisotopic (exact) mass is 406 g/mol. The highest BCUT2D eigenvalue weighted by atomic mass is 35.5. The highest BCUT2D eigenvalue weighted by molar-refractivity contribution is 6.41. The quantitative estimate of drug-likeness (QED) is 0.579. The van der Waals surface area contributed by atoms with E-state index < -0.39 is 18.0 Å². The second kappa shape index (κ2) is 8.03. The highest BCUT2D eigenvalue weighted by Crippen LogP contribution is 2.25. The zero-order valence-electron chi connectivity index (χ0n) is 12.1. The van der Waals surface area contributed by atoms with Crippen LogP contribution in [-0.2, 0) is 9.53 Å². The van der Waals surface area contributed by atoms with E-state index in [1.54, 1.807) is 12.1 Å². The van der Waals surface area contributed by atoms with E-state index in [0.717, 1.165) is 0 Å². The van der Waals surface area contributed by atoms with Crippen LogP contribution in [0.2, 0.25) is 20.2 Å². The number of amides is 1. The maximum atomic E-state index is 12.1. The first kappa shape index (κ1) is 18.8. The maximum absolute atomic E-state index is 12.1. The Balaban J connectivity index is 2.02. The van der Waals surface area contributed by atoms with Crippen molar-refractivity contribution in [3.05, 3.63) is 56.2 Å². The van der Waals surface area contributed by atoms with Gasteiger partial charge in [-0.15, -0.1) is 0 Å². The van der Waals surface area contributed by atoms with Gasteiger partial charge in [0.15, 0.2) is 6.10 Å². The van der Waals surface area contributed by atoms with Crippen LogP contribution in [0.3, 0.4) is 0 Å². The second-order valence-corrected chi connectivity index (χ2v) is 6.27. The third kappa shape index (κ3) is 4.74. The topological polar surface area (TPSA) is 68.3 Å². The molecular formula is C15H10Cl4N2O3. The number of hydrogen-bond acceptors (Lipinski definition) is 4. The number of rotatable bonds is 4. The fourth-order valence-corrected chi connectivity index (χ4v) is 2.37. The summed E-state index contributed by atoms with van der Waals surface area (Å²) in [6.45, 7) is 1.42. The molecule has 1 atom stereocenters. The lowest BCUT2D eigenvalue weighted by atomic mass is 10.2. The van der Waals surface area contributed by atoms with Gasteiger partial charge in [-0.3, -0.25) is 4.79 Å². The summed E-state index contributed by atoms with van der Waals surface area (Å²) < 4.78 is 5.07. The van der Waals surface area contributed by atoms with Gasteiger partial charge in [0, 0.05) is 11.2 Å². The Hall–Kier alpha value is -1.53. The number of benzene rings is 1. The van der Waals surface area contributed by atoms with Crippen LogP contribution in [0, 0.1) is 0 Å². The first-order valence-corrected chi connectivity index (χ1v) is 8.07. The minimum Gasteiger partial charge on any atom is -0.449 e. The molecule has 0 saturated carbocycles. The maximum Gasteiger partial charge on any atom is 0.340 e. The number of aromatic nitrogens is 1. The Labute approximate surface area is 157 Å². The van der Waals surface area contributed by atoms with Crippen molar-refractivity contribution in [3.8, 4) is 0 Å². The van der Waals surface area contributed by atoms with E-state index in [4.69, 9.17) is 51.1 Å². The van der Waals surface area contributed by atoms with Crippen LogP contribution in [0.4, 0.5) is 5.69 Å². The number of carbonyl (C=O) groups is 2. The summed E-state index contributed by atoms with van der Waals surface area (Å²) in [5.41, 5.74) is 0.429. The van der Waals surface area contributed by atoms with E-state index in [9.17, 15) is 9.59 Å². The Bertz CT molecular complexity index is 798. The summed E-state index contributed by atoms with van der Waals surface area (Å²) >= 11 is 23.2. The average Bonchev–Trinajstić information content (AvgIpc) is 2.52. The minimum atomic E-state index is -1.07. The summed E-state index contributed by atoms with van der Waals surface area (Å²) in [5, 5.41) is 3.42. The van der Waals surface area contributed by atoms with Crippen molar-refractivity contribution in [1.82, 2.24) is 4.98 Å². The number of nitrogens with one attached hydrogen (secondary N) is 1. The number of carbonyl (C=O) groups excluding carboxylic acids is 2. The lowest BCUT2D eigenvalue weighted by Crippen LogP contribution is -2.30. The molecule has 1 amide bonds. The normalized spacial score (nSPS) is 11.7. The minimum absolute atomic E-state index is 0.0661. The van der Waals surface area contributed by atoms with E-state index in [1.807, 2.05) is 0 Å². The van der Waals surface area contributed by atoms with Crippen LogP contribution >= 0.6 is 46.4 Å². The molecule has 0 saturated heterocycles. The number of ether oxygens (including phenoxy) is 1. The Kier molecular flexibility index (Phi) is 6.29. The van der Waals surface area contributed by atoms with Gasteiger partial charge in [0.2, 0.25) is 0 Å². The predicted molar refractivity (Wildman–Crippen MR) is 94.2 cm³/mol. The number of pyridine rings is 1. The summed E-state index contributed by atoms with van der Waals surface area (Å²) in [5.74, 6) is -1.31. The van der Waals surface area contributed by atoms with E-state index in [-0.39, 0.29) is 20.8 Å². The average molecular weight is 408 g/mol. The van der Waals surface area contributed by atoms with Gasteiger partial charge in [-0.05, 0) is 31.2 Å². The van der Waals surface area contributed by atoms with Crippen molar-refractivity contribution in [2.75, 3.05) is 5.32 Å². The largest absolute Gasteiger partial charge is 0.449 e. The van der Waals surface area contributed by atoms with Gasteiger partial charge in [-0.2, -0.15) is 0 Å². The van der Waals surface area contributed by atoms with Gasteiger partial charge in [0.1, 0.15) is 5.15 Å².